The van der Waals surface area contributed by atoms with Crippen LogP contribution in [0.3, 0.4) is 0 Å². The maximum absolute atomic E-state index is 3.55. The van der Waals surface area contributed by atoms with Crippen LogP contribution in [0.2, 0.25) is 0 Å². The van der Waals surface area contributed by atoms with Gasteiger partial charge in [0, 0.05) is 25.3 Å². The van der Waals surface area contributed by atoms with E-state index in [0.717, 1.165) is 24.3 Å². The summed E-state index contributed by atoms with van der Waals surface area (Å²) >= 11 is 0. The van der Waals surface area contributed by atoms with E-state index in [1.807, 2.05) is 0 Å². The third-order valence-corrected chi connectivity index (χ3v) is 5.01. The highest BCUT2D eigenvalue weighted by Crippen LogP contribution is 2.34. The van der Waals surface area contributed by atoms with Gasteiger partial charge >= 0.3 is 0 Å². The number of nitrogens with one attached hydrogen (secondary N) is 1. The monoisotopic (exact) mass is 274 g/mol. The number of aryl methyl sites for hydroxylation is 1. The largest absolute Gasteiger partial charge is 0.374 e. The molecule has 0 heterocycles. The van der Waals surface area contributed by atoms with E-state index in [0.29, 0.717) is 6.04 Å². The fourth-order valence-corrected chi connectivity index (χ4v) is 3.77. The van der Waals surface area contributed by atoms with Crippen molar-refractivity contribution in [2.24, 2.45) is 17.8 Å². The molecule has 2 rings (SSSR count). The van der Waals surface area contributed by atoms with Crippen molar-refractivity contribution in [1.82, 2.24) is 5.32 Å². The van der Waals surface area contributed by atoms with Crippen LogP contribution in [0.5, 0.6) is 0 Å². The second kappa shape index (κ2) is 6.62. The van der Waals surface area contributed by atoms with Gasteiger partial charge in [-0.2, -0.15) is 0 Å². The normalized spacial score (nSPS) is 30.2. The molecule has 2 nitrogen and oxygen atoms in total. The predicted octanol–water partition coefficient (Wildman–Crippen LogP) is 3.70. The van der Waals surface area contributed by atoms with Gasteiger partial charge in [-0.05, 0) is 56.7 Å². The van der Waals surface area contributed by atoms with Crippen LogP contribution < -0.4 is 10.2 Å². The van der Waals surface area contributed by atoms with Crippen molar-refractivity contribution in [3.63, 3.8) is 0 Å². The van der Waals surface area contributed by atoms with Crippen LogP contribution in [0.15, 0.2) is 24.3 Å². The summed E-state index contributed by atoms with van der Waals surface area (Å²) in [6.45, 7) is 8.10. The highest BCUT2D eigenvalue weighted by molar-refractivity contribution is 5.46. The second-order valence-electron chi connectivity index (χ2n) is 6.83. The lowest BCUT2D eigenvalue weighted by atomic mass is 9.72. The van der Waals surface area contributed by atoms with Gasteiger partial charge in [0.2, 0.25) is 0 Å². The third-order valence-electron chi connectivity index (χ3n) is 5.01. The van der Waals surface area contributed by atoms with E-state index < -0.39 is 0 Å². The molecule has 4 unspecified atom stereocenters. The molecule has 0 bridgehead atoms. The van der Waals surface area contributed by atoms with Gasteiger partial charge in [-0.15, -0.1) is 0 Å². The van der Waals surface area contributed by atoms with Crippen LogP contribution in [-0.4, -0.2) is 26.7 Å². The Morgan fingerprint density at radius 1 is 1.15 bits per heavy atom. The summed E-state index contributed by atoms with van der Waals surface area (Å²) in [7, 11) is 4.34. The van der Waals surface area contributed by atoms with Gasteiger partial charge in [0.15, 0.2) is 0 Å². The van der Waals surface area contributed by atoms with Crippen molar-refractivity contribution >= 4 is 5.69 Å². The molecule has 1 aromatic rings. The Morgan fingerprint density at radius 2 is 1.80 bits per heavy atom. The molecule has 1 fully saturated rings. The number of hydrogen-bond donors (Lipinski definition) is 1. The molecule has 0 spiro atoms. The molecule has 1 saturated carbocycles. The Morgan fingerprint density at radius 3 is 2.40 bits per heavy atom. The van der Waals surface area contributed by atoms with E-state index in [1.54, 1.807) is 0 Å². The zero-order valence-electron chi connectivity index (χ0n) is 13.7. The van der Waals surface area contributed by atoms with Gasteiger partial charge < -0.3 is 10.2 Å². The van der Waals surface area contributed by atoms with Crippen LogP contribution in [0, 0.1) is 24.7 Å². The van der Waals surface area contributed by atoms with E-state index in [-0.39, 0.29) is 0 Å². The van der Waals surface area contributed by atoms with Crippen molar-refractivity contribution in [1.29, 1.82) is 0 Å². The Kier molecular flexibility index (Phi) is 5.09. The van der Waals surface area contributed by atoms with E-state index in [2.05, 4.69) is 69.3 Å². The van der Waals surface area contributed by atoms with Crippen molar-refractivity contribution in [2.75, 3.05) is 25.5 Å². The minimum absolute atomic E-state index is 0.654. The summed E-state index contributed by atoms with van der Waals surface area (Å²) in [6.07, 6.45) is 2.68. The summed E-state index contributed by atoms with van der Waals surface area (Å²) in [5.41, 5.74) is 2.66. The molecule has 1 aromatic carbocycles. The Hall–Kier alpha value is -1.02. The molecule has 20 heavy (non-hydrogen) atoms. The Labute approximate surface area is 124 Å². The molecule has 4 atom stereocenters. The Balaban J connectivity index is 2.05. The summed E-state index contributed by atoms with van der Waals surface area (Å²) in [4.78, 5) is 2.42. The third kappa shape index (κ3) is 3.54. The first-order valence-corrected chi connectivity index (χ1v) is 7.96. The van der Waals surface area contributed by atoms with Crippen LogP contribution >= 0.6 is 0 Å². The van der Waals surface area contributed by atoms with Gasteiger partial charge in [-0.3, -0.25) is 0 Å². The summed E-state index contributed by atoms with van der Waals surface area (Å²) in [5.74, 6) is 2.38. The maximum atomic E-state index is 3.55. The first-order chi connectivity index (χ1) is 9.51. The van der Waals surface area contributed by atoms with Crippen molar-refractivity contribution < 1.29 is 0 Å². The smallest absolute Gasteiger partial charge is 0.0363 e. The SMILES string of the molecule is CNC1CC(C)CC(C)C1CN(C)c1ccc(C)cc1. The maximum Gasteiger partial charge on any atom is 0.0363 e. The zero-order valence-corrected chi connectivity index (χ0v) is 13.7. The number of anilines is 1. The van der Waals surface area contributed by atoms with Crippen LogP contribution in [0.25, 0.3) is 0 Å². The van der Waals surface area contributed by atoms with Crippen molar-refractivity contribution in [3.8, 4) is 0 Å². The van der Waals surface area contributed by atoms with E-state index in [4.69, 9.17) is 0 Å². The van der Waals surface area contributed by atoms with Crippen LogP contribution in [-0.2, 0) is 0 Å². The molecule has 1 aliphatic rings. The first-order valence-electron chi connectivity index (χ1n) is 7.96. The van der Waals surface area contributed by atoms with Gasteiger partial charge in [0.1, 0.15) is 0 Å². The van der Waals surface area contributed by atoms with Crippen molar-refractivity contribution in [3.05, 3.63) is 29.8 Å². The summed E-state index contributed by atoms with van der Waals surface area (Å²) < 4.78 is 0. The number of rotatable bonds is 4. The van der Waals surface area contributed by atoms with E-state index in [1.165, 1.54) is 24.1 Å². The highest BCUT2D eigenvalue weighted by Gasteiger charge is 2.33. The van der Waals surface area contributed by atoms with E-state index in [9.17, 15) is 0 Å². The lowest BCUT2D eigenvalue weighted by molar-refractivity contribution is 0.158. The molecular weight excluding hydrogens is 244 g/mol. The summed E-state index contributed by atoms with van der Waals surface area (Å²) in [6, 6.07) is 9.53. The highest BCUT2D eigenvalue weighted by atomic mass is 15.1. The van der Waals surface area contributed by atoms with E-state index >= 15 is 0 Å². The summed E-state index contributed by atoms with van der Waals surface area (Å²) in [5, 5.41) is 3.55. The molecule has 0 saturated heterocycles. The molecule has 0 aliphatic heterocycles. The lowest BCUT2D eigenvalue weighted by Gasteiger charge is -2.41. The fourth-order valence-electron chi connectivity index (χ4n) is 3.77. The van der Waals surface area contributed by atoms with Gasteiger partial charge in [0.05, 0.1) is 0 Å². The Bertz CT molecular complexity index is 412. The predicted molar refractivity (Wildman–Crippen MR) is 88.3 cm³/mol. The molecule has 0 radical (unpaired) electrons. The molecule has 1 N–H and O–H groups in total. The van der Waals surface area contributed by atoms with Crippen LogP contribution in [0.1, 0.15) is 32.3 Å². The number of hydrogen-bond acceptors (Lipinski definition) is 2. The number of nitrogens with zero attached hydrogens (tertiary/aromatic N) is 1. The fraction of sp³-hybridized carbons (Fsp3) is 0.667. The molecule has 0 amide bonds. The molecule has 0 aromatic heterocycles. The quantitative estimate of drug-likeness (QED) is 0.900. The van der Waals surface area contributed by atoms with Gasteiger partial charge in [-0.1, -0.05) is 31.5 Å². The minimum Gasteiger partial charge on any atom is -0.374 e. The van der Waals surface area contributed by atoms with Crippen molar-refractivity contribution in [2.45, 2.75) is 39.7 Å². The van der Waals surface area contributed by atoms with Gasteiger partial charge in [0.25, 0.3) is 0 Å². The second-order valence-corrected chi connectivity index (χ2v) is 6.83. The minimum atomic E-state index is 0.654. The number of benzene rings is 1. The standard InChI is InChI=1S/C18H30N2/c1-13-6-8-16(9-7-13)20(5)12-17-15(3)10-14(2)11-18(17)19-4/h6-9,14-15,17-19H,10-12H2,1-5H3. The lowest BCUT2D eigenvalue weighted by Crippen LogP contribution is -2.47. The molecule has 1 aliphatic carbocycles. The first kappa shape index (κ1) is 15.4. The molecule has 2 heteroatoms. The topological polar surface area (TPSA) is 15.3 Å². The molecule has 112 valence electrons. The van der Waals surface area contributed by atoms with Crippen LogP contribution in [0.4, 0.5) is 5.69 Å². The molecular formula is C18H30N2. The van der Waals surface area contributed by atoms with Gasteiger partial charge in [-0.25, -0.2) is 0 Å². The average Bonchev–Trinajstić information content (AvgIpc) is 2.42. The average molecular weight is 274 g/mol. The zero-order chi connectivity index (χ0) is 14.7.